The van der Waals surface area contributed by atoms with Crippen LogP contribution in [0.25, 0.3) is 6.08 Å². The monoisotopic (exact) mass is 491 g/mol. The SMILES string of the molecule is COC(=O)COc1c(/C=C2/SC(=O)N(Cc3cc4c(cc3Cl)OCO4)C2=O)cccc1OC. The number of imide groups is 1. The highest BCUT2D eigenvalue weighted by Gasteiger charge is 2.36. The summed E-state index contributed by atoms with van der Waals surface area (Å²) in [5, 5.41) is -0.0894. The topological polar surface area (TPSA) is 101 Å². The van der Waals surface area contributed by atoms with Gasteiger partial charge in [0, 0.05) is 16.7 Å². The molecule has 0 aromatic heterocycles. The maximum Gasteiger partial charge on any atom is 0.343 e. The van der Waals surface area contributed by atoms with Crippen molar-refractivity contribution >= 4 is 46.6 Å². The first-order valence-corrected chi connectivity index (χ1v) is 10.8. The van der Waals surface area contributed by atoms with E-state index in [0.717, 1.165) is 16.7 Å². The maximum absolute atomic E-state index is 13.0. The number of hydrogen-bond donors (Lipinski definition) is 0. The Labute approximate surface area is 198 Å². The van der Waals surface area contributed by atoms with Crippen LogP contribution in [0.15, 0.2) is 35.2 Å². The lowest BCUT2D eigenvalue weighted by atomic mass is 10.1. The van der Waals surface area contributed by atoms with E-state index >= 15 is 0 Å². The number of para-hydroxylation sites is 1. The first-order chi connectivity index (χ1) is 15.9. The maximum atomic E-state index is 13.0. The second-order valence-electron chi connectivity index (χ2n) is 6.81. The number of carbonyl (C=O) groups is 3. The molecule has 0 radical (unpaired) electrons. The number of esters is 1. The second kappa shape index (κ2) is 9.63. The Morgan fingerprint density at radius 1 is 1.21 bits per heavy atom. The van der Waals surface area contributed by atoms with Gasteiger partial charge >= 0.3 is 5.97 Å². The standard InChI is InChI=1S/C22H18ClNO8S/c1-28-15-5-3-4-12(20(15)30-10-19(25)29-2)7-18-21(26)24(22(27)33-18)9-13-6-16-17(8-14(13)23)32-11-31-16/h3-8H,9-11H2,1-2H3/b18-7+. The first-order valence-electron chi connectivity index (χ1n) is 9.61. The molecule has 2 aromatic carbocycles. The molecule has 2 aliphatic heterocycles. The Hall–Kier alpha value is -3.37. The fourth-order valence-electron chi connectivity index (χ4n) is 3.18. The van der Waals surface area contributed by atoms with Crippen LogP contribution in [-0.2, 0) is 20.9 Å². The summed E-state index contributed by atoms with van der Waals surface area (Å²) in [7, 11) is 2.70. The Morgan fingerprint density at radius 3 is 2.70 bits per heavy atom. The Morgan fingerprint density at radius 2 is 1.97 bits per heavy atom. The highest BCUT2D eigenvalue weighted by molar-refractivity contribution is 8.18. The van der Waals surface area contributed by atoms with Crippen LogP contribution >= 0.6 is 23.4 Å². The summed E-state index contributed by atoms with van der Waals surface area (Å²) in [4.78, 5) is 38.4. The molecule has 33 heavy (non-hydrogen) atoms. The predicted octanol–water partition coefficient (Wildman–Crippen LogP) is 3.87. The molecular weight excluding hydrogens is 474 g/mol. The summed E-state index contributed by atoms with van der Waals surface area (Å²) in [6, 6.07) is 8.27. The van der Waals surface area contributed by atoms with Gasteiger partial charge in [0.25, 0.3) is 11.1 Å². The summed E-state index contributed by atoms with van der Waals surface area (Å²) < 4.78 is 26.1. The molecular formula is C22H18ClNO8S. The highest BCUT2D eigenvalue weighted by Crippen LogP contribution is 2.40. The number of methoxy groups -OCH3 is 2. The molecule has 0 aliphatic carbocycles. The van der Waals surface area contributed by atoms with Gasteiger partial charge in [-0.25, -0.2) is 4.79 Å². The van der Waals surface area contributed by atoms with Crippen molar-refractivity contribution < 1.29 is 38.1 Å². The van der Waals surface area contributed by atoms with Gasteiger partial charge in [0.2, 0.25) is 6.79 Å². The zero-order valence-electron chi connectivity index (χ0n) is 17.6. The van der Waals surface area contributed by atoms with Crippen molar-refractivity contribution in [2.24, 2.45) is 0 Å². The number of halogens is 1. The van der Waals surface area contributed by atoms with Crippen molar-refractivity contribution in [2.45, 2.75) is 6.54 Å². The van der Waals surface area contributed by atoms with Crippen LogP contribution in [-0.4, -0.2) is 49.6 Å². The fraction of sp³-hybridized carbons (Fsp3) is 0.227. The van der Waals surface area contributed by atoms with Crippen LogP contribution in [0.1, 0.15) is 11.1 Å². The van der Waals surface area contributed by atoms with Gasteiger partial charge in [-0.05, 0) is 35.5 Å². The number of rotatable bonds is 7. The molecule has 0 bridgehead atoms. The van der Waals surface area contributed by atoms with E-state index in [1.165, 1.54) is 20.3 Å². The smallest absolute Gasteiger partial charge is 0.343 e. The van der Waals surface area contributed by atoms with Crippen LogP contribution in [0.2, 0.25) is 5.02 Å². The molecule has 11 heteroatoms. The minimum atomic E-state index is -0.576. The lowest BCUT2D eigenvalue weighted by molar-refractivity contribution is -0.143. The van der Waals surface area contributed by atoms with Crippen LogP contribution in [0, 0.1) is 0 Å². The van der Waals surface area contributed by atoms with Gasteiger partial charge in [-0.2, -0.15) is 0 Å². The number of ether oxygens (including phenoxy) is 5. The molecule has 0 N–H and O–H groups in total. The van der Waals surface area contributed by atoms with Crippen molar-refractivity contribution in [3.8, 4) is 23.0 Å². The zero-order valence-corrected chi connectivity index (χ0v) is 19.2. The molecule has 0 saturated carbocycles. The lowest BCUT2D eigenvalue weighted by Crippen LogP contribution is -2.27. The summed E-state index contributed by atoms with van der Waals surface area (Å²) in [5.41, 5.74) is 1.01. The summed E-state index contributed by atoms with van der Waals surface area (Å²) in [6.45, 7) is -0.288. The molecule has 4 rings (SSSR count). The van der Waals surface area contributed by atoms with Gasteiger partial charge < -0.3 is 23.7 Å². The molecule has 1 saturated heterocycles. The number of amides is 2. The quantitative estimate of drug-likeness (QED) is 0.422. The molecule has 172 valence electrons. The second-order valence-corrected chi connectivity index (χ2v) is 8.21. The molecule has 0 unspecified atom stereocenters. The molecule has 2 heterocycles. The average molecular weight is 492 g/mol. The van der Waals surface area contributed by atoms with E-state index in [1.807, 2.05) is 0 Å². The van der Waals surface area contributed by atoms with E-state index in [1.54, 1.807) is 30.3 Å². The third kappa shape index (κ3) is 4.71. The van der Waals surface area contributed by atoms with Crippen molar-refractivity contribution in [1.82, 2.24) is 4.90 Å². The minimum absolute atomic E-state index is 0.0265. The van der Waals surface area contributed by atoms with Crippen LogP contribution < -0.4 is 18.9 Å². The first kappa shape index (κ1) is 22.8. The molecule has 2 aliphatic rings. The van der Waals surface area contributed by atoms with E-state index < -0.39 is 17.1 Å². The molecule has 0 atom stereocenters. The van der Waals surface area contributed by atoms with Gasteiger partial charge in [0.05, 0.1) is 25.7 Å². The molecule has 2 aromatic rings. The van der Waals surface area contributed by atoms with E-state index in [9.17, 15) is 14.4 Å². The average Bonchev–Trinajstić information content (AvgIpc) is 3.36. The van der Waals surface area contributed by atoms with Crippen molar-refractivity contribution in [2.75, 3.05) is 27.6 Å². The number of benzene rings is 2. The fourth-order valence-corrected chi connectivity index (χ4v) is 4.22. The molecule has 9 nitrogen and oxygen atoms in total. The van der Waals surface area contributed by atoms with E-state index in [0.29, 0.717) is 33.4 Å². The number of carbonyl (C=O) groups excluding carboxylic acids is 3. The summed E-state index contributed by atoms with van der Waals surface area (Å²) in [5.74, 6) is 0.555. The van der Waals surface area contributed by atoms with Crippen molar-refractivity contribution in [1.29, 1.82) is 0 Å². The van der Waals surface area contributed by atoms with Gasteiger partial charge in [-0.15, -0.1) is 0 Å². The normalized spacial score (nSPS) is 15.8. The van der Waals surface area contributed by atoms with Gasteiger partial charge in [0.15, 0.2) is 29.6 Å². The Bertz CT molecular complexity index is 1170. The van der Waals surface area contributed by atoms with E-state index in [4.69, 9.17) is 30.5 Å². The molecule has 0 spiro atoms. The zero-order chi connectivity index (χ0) is 23.5. The summed E-state index contributed by atoms with van der Waals surface area (Å²) >= 11 is 7.09. The van der Waals surface area contributed by atoms with Crippen LogP contribution in [0.3, 0.4) is 0 Å². The Kier molecular flexibility index (Phi) is 6.66. The minimum Gasteiger partial charge on any atom is -0.493 e. The summed E-state index contributed by atoms with van der Waals surface area (Å²) in [6.07, 6.45) is 1.52. The van der Waals surface area contributed by atoms with E-state index in [-0.39, 0.29) is 30.6 Å². The van der Waals surface area contributed by atoms with Crippen LogP contribution in [0.4, 0.5) is 4.79 Å². The van der Waals surface area contributed by atoms with Crippen molar-refractivity contribution in [3.63, 3.8) is 0 Å². The number of hydrogen-bond acceptors (Lipinski definition) is 9. The molecule has 2 amide bonds. The van der Waals surface area contributed by atoms with Gasteiger partial charge in [-0.3, -0.25) is 14.5 Å². The number of thioether (sulfide) groups is 1. The number of fused-ring (bicyclic) bond motifs is 1. The third-order valence-corrected chi connectivity index (χ3v) is 6.08. The third-order valence-electron chi connectivity index (χ3n) is 4.82. The predicted molar refractivity (Wildman–Crippen MR) is 120 cm³/mol. The largest absolute Gasteiger partial charge is 0.493 e. The Balaban J connectivity index is 1.59. The number of nitrogens with zero attached hydrogens (tertiary/aromatic N) is 1. The van der Waals surface area contributed by atoms with Gasteiger partial charge in [0.1, 0.15) is 0 Å². The van der Waals surface area contributed by atoms with Gasteiger partial charge in [-0.1, -0.05) is 23.7 Å². The van der Waals surface area contributed by atoms with Crippen molar-refractivity contribution in [3.05, 3.63) is 51.4 Å². The lowest BCUT2D eigenvalue weighted by Gasteiger charge is -2.14. The van der Waals surface area contributed by atoms with E-state index in [2.05, 4.69) is 4.74 Å². The highest BCUT2D eigenvalue weighted by atomic mass is 35.5. The van der Waals surface area contributed by atoms with Crippen LogP contribution in [0.5, 0.6) is 23.0 Å². The molecule has 1 fully saturated rings.